The van der Waals surface area contributed by atoms with Crippen molar-refractivity contribution in [3.8, 4) is 0 Å². The molecular weight excluding hydrogens is 215 g/mol. The SMILES string of the molecule is CCN1CCC(CNC)C1c1cccc(F)c1. The Kier molecular flexibility index (Phi) is 4.13. The standard InChI is InChI=1S/C14H21FN2/c1-3-17-8-7-12(10-16-2)14(17)11-5-4-6-13(15)9-11/h4-6,9,12,14,16H,3,7-8,10H2,1-2H3. The number of likely N-dealkylation sites (tertiary alicyclic amines) is 1. The van der Waals surface area contributed by atoms with Crippen LogP contribution in [0.15, 0.2) is 24.3 Å². The van der Waals surface area contributed by atoms with Crippen molar-refractivity contribution in [2.45, 2.75) is 19.4 Å². The molecule has 0 aliphatic carbocycles. The van der Waals surface area contributed by atoms with Gasteiger partial charge in [-0.25, -0.2) is 4.39 Å². The monoisotopic (exact) mass is 236 g/mol. The van der Waals surface area contributed by atoms with E-state index in [1.807, 2.05) is 19.2 Å². The number of benzene rings is 1. The summed E-state index contributed by atoms with van der Waals surface area (Å²) in [4.78, 5) is 2.44. The lowest BCUT2D eigenvalue weighted by atomic mass is 9.93. The highest BCUT2D eigenvalue weighted by molar-refractivity contribution is 5.22. The third-order valence-electron chi connectivity index (χ3n) is 3.69. The lowest BCUT2D eigenvalue weighted by Gasteiger charge is -2.27. The Labute approximate surface area is 103 Å². The zero-order chi connectivity index (χ0) is 12.3. The van der Waals surface area contributed by atoms with Crippen LogP contribution in [0.25, 0.3) is 0 Å². The van der Waals surface area contributed by atoms with Gasteiger partial charge in [0.2, 0.25) is 0 Å². The maximum Gasteiger partial charge on any atom is 0.123 e. The van der Waals surface area contributed by atoms with Crippen molar-refractivity contribution >= 4 is 0 Å². The fourth-order valence-corrected chi connectivity index (χ4v) is 2.93. The van der Waals surface area contributed by atoms with E-state index in [9.17, 15) is 4.39 Å². The topological polar surface area (TPSA) is 15.3 Å². The van der Waals surface area contributed by atoms with E-state index in [1.54, 1.807) is 6.07 Å². The van der Waals surface area contributed by atoms with Crippen molar-refractivity contribution in [3.05, 3.63) is 35.6 Å². The minimum Gasteiger partial charge on any atom is -0.319 e. The first kappa shape index (κ1) is 12.5. The summed E-state index contributed by atoms with van der Waals surface area (Å²) in [7, 11) is 1.98. The maximum absolute atomic E-state index is 13.3. The zero-order valence-electron chi connectivity index (χ0n) is 10.6. The quantitative estimate of drug-likeness (QED) is 0.863. The van der Waals surface area contributed by atoms with Crippen molar-refractivity contribution in [2.24, 2.45) is 5.92 Å². The van der Waals surface area contributed by atoms with E-state index in [0.717, 1.165) is 25.2 Å². The van der Waals surface area contributed by atoms with E-state index in [0.29, 0.717) is 12.0 Å². The summed E-state index contributed by atoms with van der Waals surface area (Å²) in [5.41, 5.74) is 1.12. The van der Waals surface area contributed by atoms with Gasteiger partial charge in [-0.2, -0.15) is 0 Å². The summed E-state index contributed by atoms with van der Waals surface area (Å²) in [5.74, 6) is 0.454. The molecule has 94 valence electrons. The van der Waals surface area contributed by atoms with Crippen molar-refractivity contribution < 1.29 is 4.39 Å². The van der Waals surface area contributed by atoms with Gasteiger partial charge in [0.05, 0.1) is 0 Å². The smallest absolute Gasteiger partial charge is 0.123 e. The first-order valence-electron chi connectivity index (χ1n) is 6.40. The molecule has 2 unspecified atom stereocenters. The summed E-state index contributed by atoms with van der Waals surface area (Å²) >= 11 is 0. The van der Waals surface area contributed by atoms with Crippen molar-refractivity contribution in [2.75, 3.05) is 26.7 Å². The highest BCUT2D eigenvalue weighted by Crippen LogP contribution is 2.36. The number of halogens is 1. The van der Waals surface area contributed by atoms with Gasteiger partial charge in [0.25, 0.3) is 0 Å². The van der Waals surface area contributed by atoms with Gasteiger partial charge in [-0.3, -0.25) is 4.90 Å². The summed E-state index contributed by atoms with van der Waals surface area (Å²) < 4.78 is 13.3. The molecule has 1 aromatic rings. The van der Waals surface area contributed by atoms with E-state index >= 15 is 0 Å². The minimum atomic E-state index is -0.131. The Morgan fingerprint density at radius 1 is 1.47 bits per heavy atom. The molecule has 2 rings (SSSR count). The number of hydrogen-bond acceptors (Lipinski definition) is 2. The zero-order valence-corrected chi connectivity index (χ0v) is 10.6. The van der Waals surface area contributed by atoms with Crippen LogP contribution in [0, 0.1) is 11.7 Å². The molecule has 0 amide bonds. The molecule has 0 aromatic heterocycles. The average molecular weight is 236 g/mol. The molecule has 1 aliphatic heterocycles. The second kappa shape index (κ2) is 5.61. The second-order valence-electron chi connectivity index (χ2n) is 4.73. The lowest BCUT2D eigenvalue weighted by molar-refractivity contribution is 0.238. The molecule has 2 atom stereocenters. The van der Waals surface area contributed by atoms with Gasteiger partial charge in [0.15, 0.2) is 0 Å². The van der Waals surface area contributed by atoms with E-state index < -0.39 is 0 Å². The van der Waals surface area contributed by atoms with Crippen LogP contribution < -0.4 is 5.32 Å². The third kappa shape index (κ3) is 2.67. The first-order valence-corrected chi connectivity index (χ1v) is 6.40. The van der Waals surface area contributed by atoms with Crippen LogP contribution in [0.2, 0.25) is 0 Å². The fourth-order valence-electron chi connectivity index (χ4n) is 2.93. The first-order chi connectivity index (χ1) is 8.26. The fraction of sp³-hybridized carbons (Fsp3) is 0.571. The Morgan fingerprint density at radius 2 is 2.29 bits per heavy atom. The van der Waals surface area contributed by atoms with Crippen LogP contribution in [0.1, 0.15) is 24.9 Å². The normalized spacial score (nSPS) is 25.4. The Bertz CT molecular complexity index is 367. The number of nitrogens with one attached hydrogen (secondary N) is 1. The van der Waals surface area contributed by atoms with Crippen molar-refractivity contribution in [1.82, 2.24) is 10.2 Å². The van der Waals surface area contributed by atoms with Gasteiger partial charge in [-0.05, 0) is 56.7 Å². The molecule has 1 N–H and O–H groups in total. The largest absolute Gasteiger partial charge is 0.319 e. The third-order valence-corrected chi connectivity index (χ3v) is 3.69. The Balaban J connectivity index is 2.24. The minimum absolute atomic E-state index is 0.131. The summed E-state index contributed by atoms with van der Waals surface area (Å²) in [5, 5.41) is 3.25. The number of nitrogens with zero attached hydrogens (tertiary/aromatic N) is 1. The average Bonchev–Trinajstić information content (AvgIpc) is 2.72. The molecule has 17 heavy (non-hydrogen) atoms. The van der Waals surface area contributed by atoms with Crippen LogP contribution >= 0.6 is 0 Å². The van der Waals surface area contributed by atoms with Gasteiger partial charge >= 0.3 is 0 Å². The lowest BCUT2D eigenvalue weighted by Crippen LogP contribution is -2.29. The van der Waals surface area contributed by atoms with Crippen LogP contribution in [0.5, 0.6) is 0 Å². The molecule has 1 heterocycles. The number of hydrogen-bond donors (Lipinski definition) is 1. The highest BCUT2D eigenvalue weighted by Gasteiger charge is 2.33. The predicted molar refractivity (Wildman–Crippen MR) is 68.4 cm³/mol. The highest BCUT2D eigenvalue weighted by atomic mass is 19.1. The molecule has 1 aromatic carbocycles. The molecule has 0 radical (unpaired) electrons. The van der Waals surface area contributed by atoms with Gasteiger partial charge in [-0.15, -0.1) is 0 Å². The Hall–Kier alpha value is -0.930. The molecule has 1 fully saturated rings. The van der Waals surface area contributed by atoms with Crippen molar-refractivity contribution in [3.63, 3.8) is 0 Å². The van der Waals surface area contributed by atoms with E-state index in [-0.39, 0.29) is 5.82 Å². The number of rotatable bonds is 4. The predicted octanol–water partition coefficient (Wildman–Crippen LogP) is 2.43. The second-order valence-corrected chi connectivity index (χ2v) is 4.73. The van der Waals surface area contributed by atoms with Gasteiger partial charge in [0.1, 0.15) is 5.82 Å². The molecule has 2 nitrogen and oxygen atoms in total. The molecule has 0 spiro atoms. The van der Waals surface area contributed by atoms with Crippen molar-refractivity contribution in [1.29, 1.82) is 0 Å². The summed E-state index contributed by atoms with van der Waals surface area (Å²) in [6.45, 7) is 5.32. The summed E-state index contributed by atoms with van der Waals surface area (Å²) in [6, 6.07) is 7.42. The molecular formula is C14H21FN2. The molecule has 0 bridgehead atoms. The van der Waals surface area contributed by atoms with E-state index in [2.05, 4.69) is 17.1 Å². The molecule has 1 aliphatic rings. The van der Waals surface area contributed by atoms with Gasteiger partial charge in [-0.1, -0.05) is 19.1 Å². The van der Waals surface area contributed by atoms with E-state index in [1.165, 1.54) is 12.5 Å². The Morgan fingerprint density at radius 3 is 2.94 bits per heavy atom. The molecule has 1 saturated heterocycles. The summed E-state index contributed by atoms with van der Waals surface area (Å²) in [6.07, 6.45) is 1.19. The van der Waals surface area contributed by atoms with E-state index in [4.69, 9.17) is 0 Å². The molecule has 0 saturated carbocycles. The maximum atomic E-state index is 13.3. The molecule has 3 heteroatoms. The van der Waals surface area contributed by atoms with Crippen LogP contribution in [0.4, 0.5) is 4.39 Å². The van der Waals surface area contributed by atoms with Crippen LogP contribution in [0.3, 0.4) is 0 Å². The van der Waals surface area contributed by atoms with Gasteiger partial charge < -0.3 is 5.32 Å². The van der Waals surface area contributed by atoms with Gasteiger partial charge in [0, 0.05) is 6.04 Å². The van der Waals surface area contributed by atoms with Crippen LogP contribution in [-0.4, -0.2) is 31.6 Å². The van der Waals surface area contributed by atoms with Crippen LogP contribution in [-0.2, 0) is 0 Å².